The average molecular weight is 758 g/mol. The highest BCUT2D eigenvalue weighted by molar-refractivity contribution is 9.10. The Hall–Kier alpha value is -4.98. The number of hydrogen-bond acceptors (Lipinski definition) is 4. The van der Waals surface area contributed by atoms with Gasteiger partial charge in [-0.1, -0.05) is 42.3 Å². The van der Waals surface area contributed by atoms with E-state index in [9.17, 15) is 9.59 Å². The number of rotatable bonds is 6. The molecular formula is C45H45BrN2O4. The number of terminal acetylenes is 2. The molecule has 266 valence electrons. The van der Waals surface area contributed by atoms with Crippen LogP contribution in [-0.2, 0) is 22.4 Å². The van der Waals surface area contributed by atoms with Gasteiger partial charge < -0.3 is 19.3 Å². The summed E-state index contributed by atoms with van der Waals surface area (Å²) in [5, 5.41) is 0. The van der Waals surface area contributed by atoms with Crippen LogP contribution in [0.5, 0.6) is 23.0 Å². The van der Waals surface area contributed by atoms with E-state index in [1.165, 1.54) is 0 Å². The van der Waals surface area contributed by atoms with Crippen LogP contribution >= 0.6 is 15.9 Å². The summed E-state index contributed by atoms with van der Waals surface area (Å²) in [4.78, 5) is 29.5. The molecule has 2 amide bonds. The Morgan fingerprint density at radius 1 is 0.654 bits per heavy atom. The summed E-state index contributed by atoms with van der Waals surface area (Å²) in [5.74, 6) is 9.03. The van der Waals surface area contributed by atoms with Gasteiger partial charge in [0.2, 0.25) is 11.8 Å². The largest absolute Gasteiger partial charge is 0.456 e. The maximum Gasteiger partial charge on any atom is 0.230 e. The van der Waals surface area contributed by atoms with Gasteiger partial charge in [0.15, 0.2) is 0 Å². The number of hydrogen-bond donors (Lipinski definition) is 0. The van der Waals surface area contributed by atoms with Gasteiger partial charge in [0.1, 0.15) is 23.0 Å². The Kier molecular flexibility index (Phi) is 11.7. The van der Waals surface area contributed by atoms with Gasteiger partial charge in [-0.25, -0.2) is 0 Å². The third kappa shape index (κ3) is 8.22. The number of anilines is 2. The van der Waals surface area contributed by atoms with Gasteiger partial charge in [-0.2, -0.15) is 0 Å². The molecule has 0 aromatic heterocycles. The summed E-state index contributed by atoms with van der Waals surface area (Å²) < 4.78 is 13.2. The van der Waals surface area contributed by atoms with E-state index in [-0.39, 0.29) is 35.7 Å². The summed E-state index contributed by atoms with van der Waals surface area (Å²) >= 11 is 3.62. The monoisotopic (exact) mass is 756 g/mol. The minimum Gasteiger partial charge on any atom is -0.456 e. The van der Waals surface area contributed by atoms with E-state index in [4.69, 9.17) is 15.9 Å². The van der Waals surface area contributed by atoms with Crippen molar-refractivity contribution in [2.24, 2.45) is 11.8 Å². The Labute approximate surface area is 316 Å². The van der Waals surface area contributed by atoms with E-state index in [0.717, 1.165) is 101 Å². The second kappa shape index (κ2) is 16.6. The highest BCUT2D eigenvalue weighted by Crippen LogP contribution is 2.46. The molecule has 0 spiro atoms. The lowest BCUT2D eigenvalue weighted by molar-refractivity contribution is -0.121. The van der Waals surface area contributed by atoms with Crippen molar-refractivity contribution in [3.8, 4) is 47.7 Å². The highest BCUT2D eigenvalue weighted by Gasteiger charge is 2.40. The normalized spacial score (nSPS) is 18.4. The van der Waals surface area contributed by atoms with Crippen molar-refractivity contribution in [3.05, 3.63) is 106 Å². The fourth-order valence-corrected chi connectivity index (χ4v) is 7.31. The second-order valence-corrected chi connectivity index (χ2v) is 14.7. The van der Waals surface area contributed by atoms with Crippen molar-refractivity contribution in [1.82, 2.24) is 0 Å². The first-order chi connectivity index (χ1) is 25.2. The molecule has 0 bridgehead atoms. The fourth-order valence-electron chi connectivity index (χ4n) is 6.86. The molecule has 2 aliphatic heterocycles. The first-order valence-electron chi connectivity index (χ1n) is 18.2. The van der Waals surface area contributed by atoms with Crippen LogP contribution in [0.4, 0.5) is 11.4 Å². The smallest absolute Gasteiger partial charge is 0.230 e. The minimum atomic E-state index is 0.194. The van der Waals surface area contributed by atoms with Crippen LogP contribution in [0.25, 0.3) is 0 Å². The summed E-state index contributed by atoms with van der Waals surface area (Å²) in [5.41, 5.74) is 4.88. The molecule has 2 fully saturated rings. The Morgan fingerprint density at radius 3 is 1.52 bits per heavy atom. The van der Waals surface area contributed by atoms with Gasteiger partial charge in [0.25, 0.3) is 0 Å². The number of benzene rings is 4. The van der Waals surface area contributed by atoms with Crippen LogP contribution in [-0.4, -0.2) is 23.9 Å². The Bertz CT molecular complexity index is 1990. The number of fused-ring (bicyclic) bond motifs is 2. The zero-order valence-corrected chi connectivity index (χ0v) is 31.7. The number of carbonyl (C=O) groups is 2. The first-order valence-corrected chi connectivity index (χ1v) is 19.0. The third-order valence-electron chi connectivity index (χ3n) is 9.86. The van der Waals surface area contributed by atoms with Gasteiger partial charge in [0.05, 0.1) is 21.4 Å². The molecule has 0 saturated heterocycles. The van der Waals surface area contributed by atoms with Crippen molar-refractivity contribution < 1.29 is 19.1 Å². The number of carbonyl (C=O) groups excluding carboxylic acids is 2. The molecule has 7 heteroatoms. The van der Waals surface area contributed by atoms with Crippen LogP contribution in [0, 0.1) is 36.5 Å². The molecule has 2 heterocycles. The van der Waals surface area contributed by atoms with E-state index in [1.54, 1.807) is 6.92 Å². The van der Waals surface area contributed by atoms with Gasteiger partial charge in [-0.15, -0.1) is 18.8 Å². The summed E-state index contributed by atoms with van der Waals surface area (Å²) in [6, 6.07) is 27.8. The van der Waals surface area contributed by atoms with E-state index in [1.807, 2.05) is 94.7 Å². The van der Waals surface area contributed by atoms with Crippen molar-refractivity contribution in [2.45, 2.75) is 84.2 Å². The zero-order chi connectivity index (χ0) is 36.8. The lowest BCUT2D eigenvalue weighted by Crippen LogP contribution is -2.43. The quantitative estimate of drug-likeness (QED) is 0.184. The predicted molar refractivity (Wildman–Crippen MR) is 212 cm³/mol. The molecule has 0 unspecified atom stereocenters. The maximum atomic E-state index is 12.8. The lowest BCUT2D eigenvalue weighted by atomic mass is 9.93. The first kappa shape index (κ1) is 36.8. The third-order valence-corrected chi connectivity index (χ3v) is 10.5. The summed E-state index contributed by atoms with van der Waals surface area (Å²) in [6.45, 7) is 5.92. The van der Waals surface area contributed by atoms with Crippen molar-refractivity contribution in [3.63, 3.8) is 0 Å². The number of nitrogens with zero attached hydrogens (tertiary/aromatic N) is 2. The van der Waals surface area contributed by atoms with Crippen LogP contribution in [0.1, 0.15) is 76.0 Å². The van der Waals surface area contributed by atoms with Crippen LogP contribution in [0.2, 0.25) is 0 Å². The van der Waals surface area contributed by atoms with Crippen LogP contribution in [0.3, 0.4) is 0 Å². The van der Waals surface area contributed by atoms with Gasteiger partial charge in [0, 0.05) is 35.0 Å². The maximum absolute atomic E-state index is 12.8. The van der Waals surface area contributed by atoms with Crippen LogP contribution < -0.4 is 19.3 Å². The van der Waals surface area contributed by atoms with E-state index < -0.39 is 0 Å². The Morgan fingerprint density at radius 2 is 1.08 bits per heavy atom. The van der Waals surface area contributed by atoms with Gasteiger partial charge in [-0.3, -0.25) is 9.59 Å². The molecule has 0 N–H and O–H groups in total. The molecule has 2 saturated carbocycles. The fraction of sp³-hybridized carbons (Fsp3) is 0.333. The standard InChI is InChI=1S/C22H21NO2.C20H20BrNO2.C3H4/c1-3-16-12-14-20-19(21(16)25-18-7-5-4-6-8-18)13-9-15(2)23(20)22(24)17-10-11-17;1-13-7-10-16-18(22(13)20(23)14-8-9-14)12-11-17(21)19(16)24-15-5-3-2-4-6-15;1-3-2/h1,4-8,12,14-15,17H,9-11,13H2,2H3;2-6,11-14H,7-10H2,1H3;1H,2H3/t15-;13-;/m00./s1. The number of ether oxygens (including phenoxy) is 2. The summed E-state index contributed by atoms with van der Waals surface area (Å²) in [7, 11) is 0. The van der Waals surface area contributed by atoms with E-state index in [2.05, 4.69) is 48.0 Å². The molecular weight excluding hydrogens is 712 g/mol. The van der Waals surface area contributed by atoms with E-state index >= 15 is 0 Å². The highest BCUT2D eigenvalue weighted by atomic mass is 79.9. The molecule has 4 aromatic rings. The molecule has 4 aliphatic rings. The second-order valence-electron chi connectivity index (χ2n) is 13.8. The van der Waals surface area contributed by atoms with Crippen LogP contribution in [0.15, 0.2) is 89.4 Å². The Balaban J connectivity index is 0.000000166. The molecule has 2 aliphatic carbocycles. The molecule has 52 heavy (non-hydrogen) atoms. The number of halogens is 1. The SMILES string of the molecule is C#CC.C#Cc1ccc2c(c1Oc1ccccc1)CC[C@H](C)N2C(=O)C1CC1.C[C@H]1CCc2c(ccc(Br)c2Oc2ccccc2)N1C(=O)C1CC1. The van der Waals surface area contributed by atoms with Gasteiger partial charge in [-0.05, 0) is 137 Å². The molecule has 2 atom stereocenters. The van der Waals surface area contributed by atoms with Crippen molar-refractivity contribution in [1.29, 1.82) is 0 Å². The zero-order valence-electron chi connectivity index (χ0n) is 30.1. The average Bonchev–Trinajstić information content (AvgIpc) is 4.08. The van der Waals surface area contributed by atoms with Crippen molar-refractivity contribution in [2.75, 3.05) is 9.80 Å². The minimum absolute atomic E-state index is 0.194. The molecule has 6 nitrogen and oxygen atoms in total. The summed E-state index contributed by atoms with van der Waals surface area (Å²) in [6.07, 6.45) is 18.0. The van der Waals surface area contributed by atoms with Gasteiger partial charge >= 0.3 is 0 Å². The molecule has 4 aromatic carbocycles. The van der Waals surface area contributed by atoms with E-state index in [0.29, 0.717) is 5.75 Å². The lowest BCUT2D eigenvalue weighted by Gasteiger charge is -2.36. The number of para-hydroxylation sites is 2. The molecule has 8 rings (SSSR count). The number of amides is 2. The molecule has 0 radical (unpaired) electrons. The topological polar surface area (TPSA) is 59.1 Å². The van der Waals surface area contributed by atoms with Crippen molar-refractivity contribution >= 4 is 39.1 Å². The predicted octanol–water partition coefficient (Wildman–Crippen LogP) is 10.5.